The fourth-order valence-electron chi connectivity index (χ4n) is 3.41. The van der Waals surface area contributed by atoms with Gasteiger partial charge in [0.1, 0.15) is 6.17 Å². The second kappa shape index (κ2) is 9.61. The molecule has 0 aliphatic heterocycles. The quantitative estimate of drug-likeness (QED) is 0.402. The van der Waals surface area contributed by atoms with E-state index in [-0.39, 0.29) is 22.5 Å². The topological polar surface area (TPSA) is 34.1 Å². The van der Waals surface area contributed by atoms with E-state index in [0.29, 0.717) is 11.1 Å². The van der Waals surface area contributed by atoms with E-state index in [1.807, 2.05) is 48.5 Å². The first kappa shape index (κ1) is 23.0. The van der Waals surface area contributed by atoms with Crippen LogP contribution in [0.4, 0.5) is 4.39 Å². The molecule has 0 aromatic heterocycles. The number of benzene rings is 3. The number of hydrogen-bond acceptors (Lipinski definition) is 2. The van der Waals surface area contributed by atoms with E-state index in [1.54, 1.807) is 42.5 Å². The van der Waals surface area contributed by atoms with Crippen LogP contribution in [0.1, 0.15) is 50.1 Å². The molecule has 0 aliphatic carbocycles. The lowest BCUT2D eigenvalue weighted by atomic mass is 9.87. The molecule has 0 aliphatic rings. The summed E-state index contributed by atoms with van der Waals surface area (Å²) in [5.41, 5.74) is 3.02. The zero-order valence-corrected chi connectivity index (χ0v) is 19.1. The molecular formula is C27H29FO2S. The molecule has 0 spiro atoms. The number of halogens is 1. The average molecular weight is 437 g/mol. The number of allylic oxidation sites excluding steroid dienone is 1. The summed E-state index contributed by atoms with van der Waals surface area (Å²) in [5.74, 6) is -0.173. The monoisotopic (exact) mass is 436 g/mol. The first-order valence-electron chi connectivity index (χ1n) is 10.4. The largest absolute Gasteiger partial charge is 0.242 e. The van der Waals surface area contributed by atoms with Crippen molar-refractivity contribution in [2.75, 3.05) is 5.75 Å². The maximum absolute atomic E-state index is 14.7. The van der Waals surface area contributed by atoms with Gasteiger partial charge in [-0.2, -0.15) is 0 Å². The summed E-state index contributed by atoms with van der Waals surface area (Å²) in [5, 5.41) is 0. The molecule has 0 fully saturated rings. The van der Waals surface area contributed by atoms with Gasteiger partial charge >= 0.3 is 0 Å². The van der Waals surface area contributed by atoms with Crippen molar-refractivity contribution in [3.05, 3.63) is 108 Å². The molecular weight excluding hydrogens is 407 g/mol. The number of alkyl halides is 1. The van der Waals surface area contributed by atoms with Gasteiger partial charge in [-0.25, -0.2) is 12.8 Å². The lowest BCUT2D eigenvalue weighted by Gasteiger charge is -2.19. The summed E-state index contributed by atoms with van der Waals surface area (Å²) >= 11 is 0. The second-order valence-corrected chi connectivity index (χ2v) is 10.7. The van der Waals surface area contributed by atoms with E-state index in [1.165, 1.54) is 0 Å². The first-order valence-corrected chi connectivity index (χ1v) is 12.1. The van der Waals surface area contributed by atoms with Crippen molar-refractivity contribution in [1.82, 2.24) is 0 Å². The number of hydrogen-bond donors (Lipinski definition) is 0. The minimum Gasteiger partial charge on any atom is -0.242 e. The summed E-state index contributed by atoms with van der Waals surface area (Å²) in [7, 11) is -3.57. The van der Waals surface area contributed by atoms with Gasteiger partial charge in [-0.15, -0.1) is 0 Å². The van der Waals surface area contributed by atoms with Crippen molar-refractivity contribution in [2.45, 2.75) is 43.7 Å². The predicted molar refractivity (Wildman–Crippen MR) is 127 cm³/mol. The SMILES string of the molecule is CC(C)(C)c1ccc(S(=O)(=O)C/C(=C\CC(F)c2ccccc2)c2ccccc2)cc1. The second-order valence-electron chi connectivity index (χ2n) is 8.74. The van der Waals surface area contributed by atoms with Gasteiger partial charge in [0.25, 0.3) is 0 Å². The molecule has 0 saturated carbocycles. The van der Waals surface area contributed by atoms with Crippen molar-refractivity contribution in [3.8, 4) is 0 Å². The Bertz CT molecular complexity index is 1110. The molecule has 3 aromatic rings. The van der Waals surface area contributed by atoms with Gasteiger partial charge in [-0.05, 0) is 39.8 Å². The third kappa shape index (κ3) is 6.14. The smallest absolute Gasteiger partial charge is 0.182 e. The van der Waals surface area contributed by atoms with Gasteiger partial charge in [0.15, 0.2) is 9.84 Å². The summed E-state index contributed by atoms with van der Waals surface area (Å²) in [6, 6.07) is 25.3. The summed E-state index contributed by atoms with van der Waals surface area (Å²) in [4.78, 5) is 0.280. The van der Waals surface area contributed by atoms with Gasteiger partial charge in [0, 0.05) is 6.42 Å². The van der Waals surface area contributed by atoms with E-state index >= 15 is 0 Å². The van der Waals surface area contributed by atoms with Gasteiger partial charge < -0.3 is 0 Å². The normalized spacial score (nSPS) is 13.7. The predicted octanol–water partition coefficient (Wildman–Crippen LogP) is 6.94. The van der Waals surface area contributed by atoms with Crippen molar-refractivity contribution < 1.29 is 12.8 Å². The highest BCUT2D eigenvalue weighted by Crippen LogP contribution is 2.28. The van der Waals surface area contributed by atoms with Gasteiger partial charge in [0.2, 0.25) is 0 Å². The Morgan fingerprint density at radius 2 is 1.42 bits per heavy atom. The van der Waals surface area contributed by atoms with Crippen molar-refractivity contribution in [1.29, 1.82) is 0 Å². The highest BCUT2D eigenvalue weighted by atomic mass is 32.2. The fourth-order valence-corrected chi connectivity index (χ4v) is 4.82. The third-order valence-corrected chi connectivity index (χ3v) is 6.98. The Labute approximate surface area is 185 Å². The number of sulfone groups is 1. The maximum atomic E-state index is 14.7. The van der Waals surface area contributed by atoms with Gasteiger partial charge in [-0.1, -0.05) is 99.6 Å². The minimum absolute atomic E-state index is 0.0506. The van der Waals surface area contributed by atoms with Crippen LogP contribution in [0, 0.1) is 0 Å². The first-order chi connectivity index (χ1) is 14.7. The van der Waals surface area contributed by atoms with Crippen molar-refractivity contribution in [3.63, 3.8) is 0 Å². The van der Waals surface area contributed by atoms with Crippen LogP contribution in [0.5, 0.6) is 0 Å². The standard InChI is InChI=1S/C27H29FO2S/c1-27(2,3)24-15-17-25(18-16-24)31(29,30)20-23(21-10-6-4-7-11-21)14-19-26(28)22-12-8-5-9-13-22/h4-18,26H,19-20H2,1-3H3/b23-14+. The Morgan fingerprint density at radius 3 is 1.97 bits per heavy atom. The molecule has 31 heavy (non-hydrogen) atoms. The Balaban J connectivity index is 1.88. The summed E-state index contributed by atoms with van der Waals surface area (Å²) in [6.45, 7) is 6.27. The highest BCUT2D eigenvalue weighted by Gasteiger charge is 2.20. The molecule has 2 nitrogen and oxygen atoms in total. The zero-order chi connectivity index (χ0) is 22.5. The van der Waals surface area contributed by atoms with Crippen LogP contribution in [0.2, 0.25) is 0 Å². The van der Waals surface area contributed by atoms with Crippen LogP contribution in [0.15, 0.2) is 95.9 Å². The molecule has 0 N–H and O–H groups in total. The lowest BCUT2D eigenvalue weighted by molar-refractivity contribution is 0.347. The Kier molecular flexibility index (Phi) is 7.11. The molecule has 4 heteroatoms. The molecule has 162 valence electrons. The van der Waals surface area contributed by atoms with Crippen LogP contribution in [0.25, 0.3) is 5.57 Å². The summed E-state index contributed by atoms with van der Waals surface area (Å²) in [6.07, 6.45) is 0.648. The molecule has 0 saturated heterocycles. The summed E-state index contributed by atoms with van der Waals surface area (Å²) < 4.78 is 41.0. The Morgan fingerprint density at radius 1 is 0.871 bits per heavy atom. The van der Waals surface area contributed by atoms with E-state index in [2.05, 4.69) is 20.8 Å². The maximum Gasteiger partial charge on any atom is 0.182 e. The van der Waals surface area contributed by atoms with Crippen LogP contribution in [-0.2, 0) is 15.3 Å². The van der Waals surface area contributed by atoms with E-state index < -0.39 is 16.0 Å². The minimum atomic E-state index is -3.57. The van der Waals surface area contributed by atoms with Gasteiger partial charge in [0.05, 0.1) is 10.6 Å². The average Bonchev–Trinajstić information content (AvgIpc) is 2.77. The third-order valence-electron chi connectivity index (χ3n) is 5.30. The molecule has 0 bridgehead atoms. The molecule has 1 unspecified atom stereocenters. The molecule has 1 atom stereocenters. The number of rotatable bonds is 7. The van der Waals surface area contributed by atoms with Crippen LogP contribution in [0.3, 0.4) is 0 Å². The van der Waals surface area contributed by atoms with Crippen molar-refractivity contribution in [2.24, 2.45) is 0 Å². The Hall–Kier alpha value is -2.72. The highest BCUT2D eigenvalue weighted by molar-refractivity contribution is 7.91. The van der Waals surface area contributed by atoms with Crippen LogP contribution < -0.4 is 0 Å². The zero-order valence-electron chi connectivity index (χ0n) is 18.3. The molecule has 0 amide bonds. The molecule has 3 aromatic carbocycles. The fraction of sp³-hybridized carbons (Fsp3) is 0.259. The van der Waals surface area contributed by atoms with Crippen LogP contribution in [-0.4, -0.2) is 14.2 Å². The van der Waals surface area contributed by atoms with Gasteiger partial charge in [-0.3, -0.25) is 0 Å². The van der Waals surface area contributed by atoms with Crippen molar-refractivity contribution >= 4 is 15.4 Å². The van der Waals surface area contributed by atoms with E-state index in [9.17, 15) is 12.8 Å². The molecule has 0 radical (unpaired) electrons. The van der Waals surface area contributed by atoms with E-state index in [0.717, 1.165) is 11.1 Å². The molecule has 0 heterocycles. The lowest BCUT2D eigenvalue weighted by Crippen LogP contribution is -2.13. The van der Waals surface area contributed by atoms with Crippen LogP contribution >= 0.6 is 0 Å². The molecule has 3 rings (SSSR count). The van der Waals surface area contributed by atoms with E-state index in [4.69, 9.17) is 0 Å².